The molecule has 6 heteroatoms. The van der Waals surface area contributed by atoms with E-state index in [1.54, 1.807) is 14.0 Å². The lowest BCUT2D eigenvalue weighted by molar-refractivity contribution is 0.108. The van der Waals surface area contributed by atoms with E-state index in [0.717, 1.165) is 34.9 Å². The second-order valence-corrected chi connectivity index (χ2v) is 5.65. The molecule has 1 fully saturated rings. The average molecular weight is 322 g/mol. The summed E-state index contributed by atoms with van der Waals surface area (Å²) in [5.74, 6) is 7.17. The van der Waals surface area contributed by atoms with Crippen molar-refractivity contribution in [1.82, 2.24) is 5.01 Å². The molecule has 1 aliphatic rings. The highest BCUT2D eigenvalue weighted by molar-refractivity contribution is 5.66. The highest BCUT2D eigenvalue weighted by Gasteiger charge is 2.19. The first-order valence-electron chi connectivity index (χ1n) is 8.16. The number of hydrogen-bond donors (Lipinski definition) is 1. The summed E-state index contributed by atoms with van der Waals surface area (Å²) in [5, 5.41) is 1.09. The van der Waals surface area contributed by atoms with Crippen molar-refractivity contribution in [2.24, 2.45) is 5.84 Å². The number of methoxy groups -OCH3 is 1. The van der Waals surface area contributed by atoms with Crippen LogP contribution in [0.4, 0.5) is 4.79 Å². The van der Waals surface area contributed by atoms with Gasteiger partial charge in [-0.1, -0.05) is 6.07 Å². The van der Waals surface area contributed by atoms with Crippen molar-refractivity contribution in [2.75, 3.05) is 20.3 Å². The van der Waals surface area contributed by atoms with Crippen molar-refractivity contribution < 1.29 is 19.0 Å². The fraction of sp³-hybridized carbons (Fsp3) is 0.588. The van der Waals surface area contributed by atoms with Crippen molar-refractivity contribution in [3.8, 4) is 11.5 Å². The summed E-state index contributed by atoms with van der Waals surface area (Å²) in [6, 6.07) is 5.82. The van der Waals surface area contributed by atoms with Gasteiger partial charge >= 0.3 is 6.09 Å². The first-order valence-corrected chi connectivity index (χ1v) is 8.16. The van der Waals surface area contributed by atoms with Crippen molar-refractivity contribution >= 4 is 6.09 Å². The number of ether oxygens (including phenoxy) is 3. The van der Waals surface area contributed by atoms with Gasteiger partial charge in [0.1, 0.15) is 0 Å². The molecule has 0 unspecified atom stereocenters. The Morgan fingerprint density at radius 1 is 1.30 bits per heavy atom. The minimum absolute atomic E-state index is 0.268. The van der Waals surface area contributed by atoms with E-state index in [9.17, 15) is 4.79 Å². The molecule has 1 aromatic rings. The van der Waals surface area contributed by atoms with Gasteiger partial charge in [0, 0.05) is 6.54 Å². The highest BCUT2D eigenvalue weighted by atomic mass is 16.6. The minimum Gasteiger partial charge on any atom is -0.493 e. The normalized spacial score (nSPS) is 14.6. The van der Waals surface area contributed by atoms with Crippen LogP contribution < -0.4 is 15.3 Å². The number of benzene rings is 1. The zero-order valence-corrected chi connectivity index (χ0v) is 13.9. The summed E-state index contributed by atoms with van der Waals surface area (Å²) in [6.45, 7) is 2.45. The van der Waals surface area contributed by atoms with E-state index in [-0.39, 0.29) is 6.10 Å². The Morgan fingerprint density at radius 3 is 2.70 bits per heavy atom. The van der Waals surface area contributed by atoms with Gasteiger partial charge in [-0.05, 0) is 56.7 Å². The lowest BCUT2D eigenvalue weighted by Gasteiger charge is -2.18. The van der Waals surface area contributed by atoms with Gasteiger partial charge in [0.15, 0.2) is 11.5 Å². The summed E-state index contributed by atoms with van der Waals surface area (Å²) in [5.41, 5.74) is 1.04. The maximum atomic E-state index is 11.5. The molecule has 0 aromatic heterocycles. The number of nitrogens with two attached hydrogens (primary N) is 1. The summed E-state index contributed by atoms with van der Waals surface area (Å²) >= 11 is 0. The van der Waals surface area contributed by atoms with Crippen molar-refractivity contribution in [2.45, 2.75) is 45.1 Å². The van der Waals surface area contributed by atoms with E-state index in [4.69, 9.17) is 20.1 Å². The van der Waals surface area contributed by atoms with Crippen molar-refractivity contribution in [3.05, 3.63) is 23.8 Å². The Hall–Kier alpha value is -1.95. The molecule has 2 N–H and O–H groups in total. The van der Waals surface area contributed by atoms with Gasteiger partial charge in [-0.3, -0.25) is 0 Å². The average Bonchev–Trinajstić information content (AvgIpc) is 3.06. The summed E-state index contributed by atoms with van der Waals surface area (Å²) in [7, 11) is 1.64. The molecular formula is C17H26N2O4. The standard InChI is InChI=1S/C17H26N2O4/c1-3-22-17(20)19(18)11-10-13-8-9-15(21-2)16(12-13)23-14-6-4-5-7-14/h8-9,12,14H,3-7,10-11,18H2,1-2H3. The molecule has 1 saturated carbocycles. The molecule has 6 nitrogen and oxygen atoms in total. The van der Waals surface area contributed by atoms with Crippen LogP contribution in [-0.2, 0) is 11.2 Å². The van der Waals surface area contributed by atoms with Crippen LogP contribution in [0, 0.1) is 0 Å². The zero-order chi connectivity index (χ0) is 16.7. The smallest absolute Gasteiger partial charge is 0.424 e. The molecule has 0 aliphatic heterocycles. The molecule has 23 heavy (non-hydrogen) atoms. The van der Waals surface area contributed by atoms with Crippen LogP contribution in [0.2, 0.25) is 0 Å². The third-order valence-electron chi connectivity index (χ3n) is 3.97. The van der Waals surface area contributed by atoms with Crippen molar-refractivity contribution in [1.29, 1.82) is 0 Å². The summed E-state index contributed by atoms with van der Waals surface area (Å²) in [4.78, 5) is 11.5. The predicted molar refractivity (Wildman–Crippen MR) is 87.5 cm³/mol. The summed E-state index contributed by atoms with van der Waals surface area (Å²) < 4.78 is 16.3. The molecule has 1 amide bonds. The van der Waals surface area contributed by atoms with E-state index >= 15 is 0 Å². The van der Waals surface area contributed by atoms with Gasteiger partial charge in [0.2, 0.25) is 0 Å². The monoisotopic (exact) mass is 322 g/mol. The lowest BCUT2D eigenvalue weighted by atomic mass is 10.1. The minimum atomic E-state index is -0.511. The van der Waals surface area contributed by atoms with Gasteiger partial charge in [-0.15, -0.1) is 0 Å². The third kappa shape index (κ3) is 5.03. The molecule has 2 rings (SSSR count). The fourth-order valence-electron chi connectivity index (χ4n) is 2.70. The molecule has 0 atom stereocenters. The first-order chi connectivity index (χ1) is 11.1. The van der Waals surface area contributed by atoms with Crippen molar-refractivity contribution in [3.63, 3.8) is 0 Å². The highest BCUT2D eigenvalue weighted by Crippen LogP contribution is 2.32. The van der Waals surface area contributed by atoms with Crippen LogP contribution in [0.5, 0.6) is 11.5 Å². The number of rotatable bonds is 7. The van der Waals surface area contributed by atoms with E-state index in [0.29, 0.717) is 19.6 Å². The van der Waals surface area contributed by atoms with Gasteiger partial charge in [0.25, 0.3) is 0 Å². The number of nitrogens with zero attached hydrogens (tertiary/aromatic N) is 1. The Labute approximate surface area is 137 Å². The molecule has 0 spiro atoms. The Balaban J connectivity index is 1.97. The zero-order valence-electron chi connectivity index (χ0n) is 13.9. The van der Waals surface area contributed by atoms with Crippen LogP contribution in [-0.4, -0.2) is 37.5 Å². The van der Waals surface area contributed by atoms with Crippen LogP contribution in [0.3, 0.4) is 0 Å². The van der Waals surface area contributed by atoms with Gasteiger partial charge < -0.3 is 14.2 Å². The topological polar surface area (TPSA) is 74.0 Å². The second-order valence-electron chi connectivity index (χ2n) is 5.65. The lowest BCUT2D eigenvalue weighted by Crippen LogP contribution is -2.39. The molecule has 0 radical (unpaired) electrons. The Bertz CT molecular complexity index is 515. The van der Waals surface area contributed by atoms with E-state index in [1.165, 1.54) is 12.8 Å². The number of hydrazine groups is 1. The van der Waals surface area contributed by atoms with E-state index in [2.05, 4.69) is 0 Å². The number of hydrogen-bond acceptors (Lipinski definition) is 5. The molecule has 0 bridgehead atoms. The fourth-order valence-corrected chi connectivity index (χ4v) is 2.70. The molecule has 128 valence electrons. The van der Waals surface area contributed by atoms with Gasteiger partial charge in [0.05, 0.1) is 19.8 Å². The second kappa shape index (κ2) is 8.62. The number of amides is 1. The maximum absolute atomic E-state index is 11.5. The molecule has 1 aromatic carbocycles. The van der Waals surface area contributed by atoms with Crippen LogP contribution >= 0.6 is 0 Å². The van der Waals surface area contributed by atoms with Crippen LogP contribution in [0.15, 0.2) is 18.2 Å². The predicted octanol–water partition coefficient (Wildman–Crippen LogP) is 2.89. The number of carbonyl (C=O) groups is 1. The van der Waals surface area contributed by atoms with E-state index in [1.807, 2.05) is 18.2 Å². The van der Waals surface area contributed by atoms with E-state index < -0.39 is 6.09 Å². The number of carbonyl (C=O) groups excluding carboxylic acids is 1. The SMILES string of the molecule is CCOC(=O)N(N)CCc1ccc(OC)c(OC2CCCC2)c1. The molecular weight excluding hydrogens is 296 g/mol. The molecule has 0 heterocycles. The maximum Gasteiger partial charge on any atom is 0.424 e. The third-order valence-corrected chi connectivity index (χ3v) is 3.97. The van der Waals surface area contributed by atoms with Crippen LogP contribution in [0.1, 0.15) is 38.2 Å². The summed E-state index contributed by atoms with van der Waals surface area (Å²) in [6.07, 6.45) is 5.00. The Morgan fingerprint density at radius 2 is 2.04 bits per heavy atom. The van der Waals surface area contributed by atoms with Gasteiger partial charge in [-0.25, -0.2) is 15.6 Å². The first kappa shape index (κ1) is 17.4. The van der Waals surface area contributed by atoms with Crippen LogP contribution in [0.25, 0.3) is 0 Å². The van der Waals surface area contributed by atoms with Gasteiger partial charge in [-0.2, -0.15) is 0 Å². The quantitative estimate of drug-likeness (QED) is 0.475. The molecule has 0 saturated heterocycles. The Kier molecular flexibility index (Phi) is 6.52. The largest absolute Gasteiger partial charge is 0.493 e. The molecule has 1 aliphatic carbocycles.